The summed E-state index contributed by atoms with van der Waals surface area (Å²) < 4.78 is 5.17. The van der Waals surface area contributed by atoms with Crippen molar-refractivity contribution in [3.8, 4) is 18.2 Å². The number of primary amides is 1. The second-order valence-corrected chi connectivity index (χ2v) is 8.80. The molecule has 0 bridgehead atoms. The number of alkyl carbamates (subject to hydrolysis) is 1. The molecule has 0 radical (unpaired) electrons. The highest BCUT2D eigenvalue weighted by molar-refractivity contribution is 5.95. The highest BCUT2D eigenvalue weighted by Gasteiger charge is 2.36. The molecule has 0 aromatic heterocycles. The van der Waals surface area contributed by atoms with Crippen molar-refractivity contribution < 1.29 is 29.0 Å². The minimum atomic E-state index is -1.47. The van der Waals surface area contributed by atoms with E-state index >= 15 is 0 Å². The number of amides is 4. The maximum atomic E-state index is 13.4. The number of hydrogen-bond acceptors (Lipinski definition) is 6. The van der Waals surface area contributed by atoms with Crippen molar-refractivity contribution in [2.24, 2.45) is 5.73 Å². The first-order valence-corrected chi connectivity index (χ1v) is 10.9. The van der Waals surface area contributed by atoms with Gasteiger partial charge in [0.2, 0.25) is 11.8 Å². The number of terminal acetylenes is 1. The second kappa shape index (κ2) is 12.5. The number of carbonyl (C=O) groups excluding carboxylic acids is 4. The van der Waals surface area contributed by atoms with Crippen LogP contribution in [-0.4, -0.2) is 52.0 Å². The predicted octanol–water partition coefficient (Wildman–Crippen LogP) is 1.85. The Hall–Kier alpha value is -3.74. The molecule has 5 N–H and O–H groups in total. The van der Waals surface area contributed by atoms with Crippen molar-refractivity contribution in [2.75, 3.05) is 6.54 Å². The SMILES string of the molecule is C#CN(C(=O)C(CC(N)=O)NC(=O)OC(C)(C)C)C(C(=O)NCCCC)c1ccc(O)c(C)c1. The van der Waals surface area contributed by atoms with Crippen LogP contribution in [0.2, 0.25) is 0 Å². The zero-order valence-electron chi connectivity index (χ0n) is 20.3. The number of nitrogens with one attached hydrogen (secondary N) is 2. The summed E-state index contributed by atoms with van der Waals surface area (Å²) in [5.74, 6) is -2.31. The minimum absolute atomic E-state index is 0.00525. The third-order valence-electron chi connectivity index (χ3n) is 4.64. The average molecular weight is 475 g/mol. The van der Waals surface area contributed by atoms with E-state index in [0.29, 0.717) is 24.1 Å². The molecule has 2 atom stereocenters. The molecule has 1 rings (SSSR count). The van der Waals surface area contributed by atoms with E-state index in [1.54, 1.807) is 27.7 Å². The first-order chi connectivity index (χ1) is 15.8. The van der Waals surface area contributed by atoms with Gasteiger partial charge in [-0.1, -0.05) is 25.8 Å². The summed E-state index contributed by atoms with van der Waals surface area (Å²) in [5, 5.41) is 14.9. The summed E-state index contributed by atoms with van der Waals surface area (Å²) in [6.07, 6.45) is 5.67. The van der Waals surface area contributed by atoms with Gasteiger partial charge in [0.15, 0.2) is 0 Å². The number of aromatic hydroxyl groups is 1. The molecular weight excluding hydrogens is 440 g/mol. The Labute approximate surface area is 200 Å². The van der Waals surface area contributed by atoms with Crippen LogP contribution in [0.15, 0.2) is 18.2 Å². The van der Waals surface area contributed by atoms with Crippen molar-refractivity contribution in [1.82, 2.24) is 15.5 Å². The molecule has 1 aromatic rings. The topological polar surface area (TPSA) is 151 Å². The molecule has 4 amide bonds. The van der Waals surface area contributed by atoms with Gasteiger partial charge < -0.3 is 26.2 Å². The molecule has 0 saturated heterocycles. The second-order valence-electron chi connectivity index (χ2n) is 8.80. The highest BCUT2D eigenvalue weighted by Crippen LogP contribution is 2.27. The van der Waals surface area contributed by atoms with Crippen LogP contribution in [-0.2, 0) is 19.1 Å². The van der Waals surface area contributed by atoms with E-state index in [-0.39, 0.29) is 5.75 Å². The minimum Gasteiger partial charge on any atom is -0.508 e. The largest absolute Gasteiger partial charge is 0.508 e. The Bertz CT molecular complexity index is 948. The van der Waals surface area contributed by atoms with Gasteiger partial charge in [-0.25, -0.2) is 4.79 Å². The third-order valence-corrected chi connectivity index (χ3v) is 4.64. The van der Waals surface area contributed by atoms with Gasteiger partial charge in [0.05, 0.1) is 6.42 Å². The molecule has 0 aliphatic rings. The zero-order valence-corrected chi connectivity index (χ0v) is 20.3. The molecule has 0 saturated carbocycles. The van der Waals surface area contributed by atoms with Gasteiger partial charge in [0, 0.05) is 12.6 Å². The van der Waals surface area contributed by atoms with Crippen LogP contribution in [0.5, 0.6) is 5.75 Å². The molecule has 10 heteroatoms. The van der Waals surface area contributed by atoms with E-state index in [1.165, 1.54) is 18.2 Å². The molecule has 0 spiro atoms. The van der Waals surface area contributed by atoms with Gasteiger partial charge >= 0.3 is 6.09 Å². The van der Waals surface area contributed by atoms with Crippen molar-refractivity contribution >= 4 is 23.8 Å². The Morgan fingerprint density at radius 3 is 2.41 bits per heavy atom. The van der Waals surface area contributed by atoms with E-state index in [2.05, 4.69) is 16.7 Å². The van der Waals surface area contributed by atoms with Gasteiger partial charge in [-0.15, -0.1) is 0 Å². The molecule has 0 aliphatic carbocycles. The van der Waals surface area contributed by atoms with Crippen LogP contribution in [0.25, 0.3) is 0 Å². The fourth-order valence-electron chi connectivity index (χ4n) is 3.04. The fraction of sp³-hybridized carbons (Fsp3) is 0.500. The van der Waals surface area contributed by atoms with E-state index in [4.69, 9.17) is 16.9 Å². The quantitative estimate of drug-likeness (QED) is 0.231. The number of nitrogens with two attached hydrogens (primary N) is 1. The van der Waals surface area contributed by atoms with Crippen LogP contribution < -0.4 is 16.4 Å². The Morgan fingerprint density at radius 2 is 1.91 bits per heavy atom. The van der Waals surface area contributed by atoms with E-state index < -0.39 is 47.9 Å². The number of carbonyl (C=O) groups is 4. The summed E-state index contributed by atoms with van der Waals surface area (Å²) in [4.78, 5) is 51.2. The molecule has 0 heterocycles. The standard InChI is InChI=1S/C24H34N4O6/c1-7-9-12-26-21(31)20(16-10-11-18(29)15(3)13-16)28(8-2)22(32)17(14-19(25)30)27-23(33)34-24(4,5)6/h2,10-11,13,17,20,29H,7,9,12,14H2,1,3-6H3,(H2,25,30)(H,26,31)(H,27,33). The first kappa shape index (κ1) is 28.3. The van der Waals surface area contributed by atoms with Crippen molar-refractivity contribution in [3.63, 3.8) is 0 Å². The molecular formula is C24H34N4O6. The number of ether oxygens (including phenoxy) is 1. The maximum Gasteiger partial charge on any atom is 0.408 e. The molecule has 1 aromatic carbocycles. The molecule has 186 valence electrons. The van der Waals surface area contributed by atoms with E-state index in [0.717, 1.165) is 11.3 Å². The van der Waals surface area contributed by atoms with Crippen molar-refractivity contribution in [3.05, 3.63) is 29.3 Å². The van der Waals surface area contributed by atoms with Crippen LogP contribution in [0.1, 0.15) is 64.1 Å². The Morgan fingerprint density at radius 1 is 1.26 bits per heavy atom. The van der Waals surface area contributed by atoms with E-state index in [9.17, 15) is 24.3 Å². The molecule has 2 unspecified atom stereocenters. The summed E-state index contributed by atoms with van der Waals surface area (Å²) >= 11 is 0. The van der Waals surface area contributed by atoms with Gasteiger partial charge in [-0.05, 0) is 57.4 Å². The number of hydrogen-bond donors (Lipinski definition) is 4. The van der Waals surface area contributed by atoms with Crippen LogP contribution in [0.3, 0.4) is 0 Å². The van der Waals surface area contributed by atoms with Crippen molar-refractivity contribution in [2.45, 2.75) is 71.6 Å². The normalized spacial score (nSPS) is 12.6. The number of aryl methyl sites for hydroxylation is 1. The molecule has 0 aliphatic heterocycles. The summed E-state index contributed by atoms with van der Waals surface area (Å²) in [6, 6.07) is 3.83. The number of nitrogens with zero attached hydrogens (tertiary/aromatic N) is 1. The van der Waals surface area contributed by atoms with E-state index in [1.807, 2.05) is 6.92 Å². The predicted molar refractivity (Wildman–Crippen MR) is 126 cm³/mol. The number of unbranched alkanes of at least 4 members (excludes halogenated alkanes) is 1. The average Bonchev–Trinajstić information content (AvgIpc) is 2.71. The summed E-state index contributed by atoms with van der Waals surface area (Å²) in [6.45, 7) is 8.85. The van der Waals surface area contributed by atoms with Gasteiger partial charge in [0.25, 0.3) is 5.91 Å². The van der Waals surface area contributed by atoms with Gasteiger partial charge in [-0.2, -0.15) is 0 Å². The van der Waals surface area contributed by atoms with Gasteiger partial charge in [-0.3, -0.25) is 19.3 Å². The molecule has 0 fully saturated rings. The summed E-state index contributed by atoms with van der Waals surface area (Å²) in [7, 11) is 0. The number of phenolic OH excluding ortho intramolecular Hbond substituents is 1. The van der Waals surface area contributed by atoms with Crippen LogP contribution >= 0.6 is 0 Å². The molecule has 10 nitrogen and oxygen atoms in total. The number of benzene rings is 1. The Kier molecular flexibility index (Phi) is 10.4. The maximum absolute atomic E-state index is 13.4. The lowest BCUT2D eigenvalue weighted by Crippen LogP contribution is -2.52. The fourth-order valence-corrected chi connectivity index (χ4v) is 3.04. The lowest BCUT2D eigenvalue weighted by molar-refractivity contribution is -0.139. The highest BCUT2D eigenvalue weighted by atomic mass is 16.6. The monoisotopic (exact) mass is 474 g/mol. The lowest BCUT2D eigenvalue weighted by Gasteiger charge is -2.30. The van der Waals surface area contributed by atoms with Gasteiger partial charge in [0.1, 0.15) is 23.4 Å². The molecule has 34 heavy (non-hydrogen) atoms. The summed E-state index contributed by atoms with van der Waals surface area (Å²) in [5.41, 5.74) is 5.23. The lowest BCUT2D eigenvalue weighted by atomic mass is 10.00. The van der Waals surface area contributed by atoms with Crippen molar-refractivity contribution in [1.29, 1.82) is 0 Å². The zero-order chi connectivity index (χ0) is 26.1. The Balaban J connectivity index is 3.38. The number of rotatable bonds is 10. The van der Waals surface area contributed by atoms with Crippen LogP contribution in [0.4, 0.5) is 4.79 Å². The third kappa shape index (κ3) is 8.65. The van der Waals surface area contributed by atoms with Crippen LogP contribution in [0, 0.1) is 19.4 Å². The smallest absolute Gasteiger partial charge is 0.408 e. The first-order valence-electron chi connectivity index (χ1n) is 10.9. The number of phenols is 1.